The topological polar surface area (TPSA) is 0 Å². The SMILES string of the molecule is C1C[SiH2]C[SiH2]C1. The van der Waals surface area contributed by atoms with Gasteiger partial charge in [0.15, 0.2) is 0 Å². The van der Waals surface area contributed by atoms with Crippen LogP contribution in [0.1, 0.15) is 6.42 Å². The van der Waals surface area contributed by atoms with Gasteiger partial charge in [-0.1, -0.05) is 24.2 Å². The van der Waals surface area contributed by atoms with Crippen LogP contribution in [0.15, 0.2) is 0 Å². The fraction of sp³-hybridized carbons (Fsp3) is 1.00. The molecule has 0 spiro atoms. The lowest BCUT2D eigenvalue weighted by Crippen LogP contribution is -2.03. The maximum atomic E-state index is 1.78. The van der Waals surface area contributed by atoms with Gasteiger partial charge in [0, 0.05) is 19.0 Å². The van der Waals surface area contributed by atoms with E-state index in [4.69, 9.17) is 0 Å². The molecule has 1 aliphatic heterocycles. The van der Waals surface area contributed by atoms with E-state index in [0.717, 1.165) is 0 Å². The molecule has 1 heterocycles. The summed E-state index contributed by atoms with van der Waals surface area (Å²) < 4.78 is 0. The fourth-order valence-corrected chi connectivity index (χ4v) is 7.42. The highest BCUT2D eigenvalue weighted by atomic mass is 28.3. The zero-order valence-corrected chi connectivity index (χ0v) is 7.07. The summed E-state index contributed by atoms with van der Waals surface area (Å²) in [5.74, 6) is 0. The molecule has 1 saturated heterocycles. The Balaban J connectivity index is 2.00. The van der Waals surface area contributed by atoms with Gasteiger partial charge in [-0.25, -0.2) is 0 Å². The molecule has 0 unspecified atom stereocenters. The van der Waals surface area contributed by atoms with Crippen molar-refractivity contribution in [2.24, 2.45) is 0 Å². The molecule has 0 nitrogen and oxygen atoms in total. The van der Waals surface area contributed by atoms with Gasteiger partial charge in [-0.05, 0) is 0 Å². The van der Waals surface area contributed by atoms with Crippen LogP contribution in [0.5, 0.6) is 0 Å². The van der Waals surface area contributed by atoms with E-state index < -0.39 is 0 Å². The maximum Gasteiger partial charge on any atom is 0.0166 e. The van der Waals surface area contributed by atoms with Crippen LogP contribution < -0.4 is 0 Å². The van der Waals surface area contributed by atoms with Crippen LogP contribution in [-0.2, 0) is 0 Å². The van der Waals surface area contributed by atoms with Gasteiger partial charge in [-0.3, -0.25) is 0 Å². The van der Waals surface area contributed by atoms with Gasteiger partial charge in [-0.15, -0.1) is 0 Å². The van der Waals surface area contributed by atoms with Crippen molar-refractivity contribution in [3.05, 3.63) is 0 Å². The molecule has 2 heteroatoms. The first-order valence-electron chi connectivity index (χ1n) is 3.00. The molecular formula is C4H12Si2. The van der Waals surface area contributed by atoms with Gasteiger partial charge in [0.2, 0.25) is 0 Å². The molecule has 0 radical (unpaired) electrons. The molecule has 0 aliphatic carbocycles. The molecule has 0 aromatic heterocycles. The normalized spacial score (nSPS) is 32.0. The summed E-state index contributed by atoms with van der Waals surface area (Å²) in [6.07, 6.45) is 1.62. The highest BCUT2D eigenvalue weighted by Crippen LogP contribution is 2.04. The molecule has 0 N–H and O–H groups in total. The third-order valence-electron chi connectivity index (χ3n) is 1.50. The quantitative estimate of drug-likeness (QED) is 0.389. The zero-order chi connectivity index (χ0) is 4.24. The van der Waals surface area contributed by atoms with Crippen molar-refractivity contribution in [1.29, 1.82) is 0 Å². The third kappa shape index (κ3) is 1.26. The van der Waals surface area contributed by atoms with Crippen molar-refractivity contribution in [2.45, 2.75) is 24.2 Å². The average Bonchev–Trinajstić information content (AvgIpc) is 1.72. The summed E-state index contributed by atoms with van der Waals surface area (Å²) in [4.78, 5) is 0. The Hall–Kier alpha value is 0.434. The molecule has 1 aliphatic rings. The Morgan fingerprint density at radius 1 is 1.00 bits per heavy atom. The van der Waals surface area contributed by atoms with E-state index in [1.165, 1.54) is 0 Å². The van der Waals surface area contributed by atoms with E-state index in [1.807, 2.05) is 0 Å². The maximum absolute atomic E-state index is 1.78. The van der Waals surface area contributed by atoms with Crippen LogP contribution in [0.2, 0.25) is 17.8 Å². The fourth-order valence-electron chi connectivity index (χ4n) is 1.06. The predicted octanol–water partition coefficient (Wildman–Crippen LogP) is -0.0599. The molecule has 0 atom stereocenters. The lowest BCUT2D eigenvalue weighted by Gasteiger charge is -2.04. The van der Waals surface area contributed by atoms with Crippen LogP contribution in [0.25, 0.3) is 0 Å². The monoisotopic (exact) mass is 116 g/mol. The van der Waals surface area contributed by atoms with E-state index in [1.54, 1.807) is 24.2 Å². The first-order chi connectivity index (χ1) is 3.00. The Bertz CT molecular complexity index is 21.0. The predicted molar refractivity (Wildman–Crippen MR) is 36.1 cm³/mol. The van der Waals surface area contributed by atoms with Crippen molar-refractivity contribution in [3.63, 3.8) is 0 Å². The first kappa shape index (κ1) is 4.59. The molecule has 0 saturated carbocycles. The first-order valence-corrected chi connectivity index (χ1v) is 7.00. The van der Waals surface area contributed by atoms with Gasteiger partial charge in [0.25, 0.3) is 0 Å². The lowest BCUT2D eigenvalue weighted by molar-refractivity contribution is 1.04. The smallest absolute Gasteiger partial charge is 0.0166 e. The second-order valence-electron chi connectivity index (χ2n) is 2.12. The van der Waals surface area contributed by atoms with Crippen LogP contribution in [0, 0.1) is 0 Å². The van der Waals surface area contributed by atoms with E-state index in [-0.39, 0.29) is 0 Å². The highest BCUT2D eigenvalue weighted by Gasteiger charge is 1.97. The van der Waals surface area contributed by atoms with Gasteiger partial charge in [0.1, 0.15) is 0 Å². The lowest BCUT2D eigenvalue weighted by atomic mass is 10.6. The molecule has 0 bridgehead atoms. The molecular weight excluding hydrogens is 104 g/mol. The van der Waals surface area contributed by atoms with Gasteiger partial charge in [0.05, 0.1) is 0 Å². The number of hydrogen-bond donors (Lipinski definition) is 0. The van der Waals surface area contributed by atoms with Crippen molar-refractivity contribution in [3.8, 4) is 0 Å². The largest absolute Gasteiger partial charge is 0.0721 e. The standard InChI is InChI=1S/C4H12Si2/c1-2-5-4-6-3-1/h1-6H2. The van der Waals surface area contributed by atoms with E-state index in [9.17, 15) is 0 Å². The summed E-state index contributed by atoms with van der Waals surface area (Å²) in [7, 11) is 1.14. The minimum absolute atomic E-state index is 0.570. The molecule has 0 amide bonds. The molecule has 0 aromatic rings. The van der Waals surface area contributed by atoms with E-state index >= 15 is 0 Å². The second kappa shape index (κ2) is 2.58. The van der Waals surface area contributed by atoms with Gasteiger partial charge < -0.3 is 0 Å². The summed E-state index contributed by atoms with van der Waals surface area (Å²) in [5, 5.41) is 0. The van der Waals surface area contributed by atoms with Crippen LogP contribution in [0.3, 0.4) is 0 Å². The van der Waals surface area contributed by atoms with E-state index in [2.05, 4.69) is 0 Å². The Labute approximate surface area is 44.0 Å². The van der Waals surface area contributed by atoms with Crippen molar-refractivity contribution in [1.82, 2.24) is 0 Å². The third-order valence-corrected chi connectivity index (χ3v) is 7.50. The van der Waals surface area contributed by atoms with Crippen LogP contribution in [0.4, 0.5) is 0 Å². The Morgan fingerprint density at radius 3 is 1.83 bits per heavy atom. The Morgan fingerprint density at radius 2 is 1.67 bits per heavy atom. The van der Waals surface area contributed by atoms with Gasteiger partial charge in [-0.2, -0.15) is 0 Å². The van der Waals surface area contributed by atoms with E-state index in [0.29, 0.717) is 19.0 Å². The summed E-state index contributed by atoms with van der Waals surface area (Å²) in [5.41, 5.74) is 1.78. The molecule has 1 fully saturated rings. The molecule has 36 valence electrons. The zero-order valence-electron chi connectivity index (χ0n) is 4.24. The van der Waals surface area contributed by atoms with Crippen molar-refractivity contribution < 1.29 is 0 Å². The summed E-state index contributed by atoms with van der Waals surface area (Å²) in [6.45, 7) is 0. The second-order valence-corrected chi connectivity index (χ2v) is 7.78. The molecule has 1 rings (SSSR count). The number of hydrogen-bond acceptors (Lipinski definition) is 0. The summed E-state index contributed by atoms with van der Waals surface area (Å²) >= 11 is 0. The minimum atomic E-state index is 0.570. The number of rotatable bonds is 0. The van der Waals surface area contributed by atoms with Gasteiger partial charge >= 0.3 is 0 Å². The Kier molecular flexibility index (Phi) is 1.97. The van der Waals surface area contributed by atoms with Crippen molar-refractivity contribution >= 4 is 19.0 Å². The average molecular weight is 116 g/mol. The highest BCUT2D eigenvalue weighted by molar-refractivity contribution is 6.57. The molecule has 6 heavy (non-hydrogen) atoms. The van der Waals surface area contributed by atoms with Crippen LogP contribution in [-0.4, -0.2) is 19.0 Å². The van der Waals surface area contributed by atoms with Crippen LogP contribution >= 0.6 is 0 Å². The minimum Gasteiger partial charge on any atom is -0.0721 e. The molecule has 0 aromatic carbocycles. The summed E-state index contributed by atoms with van der Waals surface area (Å²) in [6, 6.07) is 3.35. The van der Waals surface area contributed by atoms with Crippen molar-refractivity contribution in [2.75, 3.05) is 0 Å².